The molecule has 0 unspecified atom stereocenters. The van der Waals surface area contributed by atoms with Crippen LogP contribution in [-0.4, -0.2) is 30.5 Å². The lowest BCUT2D eigenvalue weighted by Gasteiger charge is -2.08. The Morgan fingerprint density at radius 2 is 1.97 bits per heavy atom. The van der Waals surface area contributed by atoms with Crippen molar-refractivity contribution in [1.82, 2.24) is 24.5 Å². The van der Waals surface area contributed by atoms with Crippen LogP contribution in [-0.2, 0) is 17.9 Å². The van der Waals surface area contributed by atoms with Crippen molar-refractivity contribution in [2.75, 3.05) is 5.32 Å². The van der Waals surface area contributed by atoms with Gasteiger partial charge in [0, 0.05) is 23.1 Å². The molecule has 0 saturated carbocycles. The summed E-state index contributed by atoms with van der Waals surface area (Å²) in [7, 11) is 0. The number of nitrogens with one attached hydrogen (secondary N) is 1. The minimum absolute atomic E-state index is 0.119. The SMILES string of the molecule is Cc1cc(C(F)F)c2c(C)nn(CC(=O)Nc3ccc(Cn4cc(Br)cn4)cc3)c2n1. The van der Waals surface area contributed by atoms with Gasteiger partial charge in [0.1, 0.15) is 6.54 Å². The molecule has 0 aliphatic carbocycles. The van der Waals surface area contributed by atoms with Crippen molar-refractivity contribution in [2.45, 2.75) is 33.4 Å². The van der Waals surface area contributed by atoms with Gasteiger partial charge in [-0.25, -0.2) is 18.4 Å². The summed E-state index contributed by atoms with van der Waals surface area (Å²) in [5.74, 6) is -0.324. The normalized spacial score (nSPS) is 11.4. The van der Waals surface area contributed by atoms with Gasteiger partial charge in [-0.3, -0.25) is 9.48 Å². The largest absolute Gasteiger partial charge is 0.324 e. The van der Waals surface area contributed by atoms with Crippen LogP contribution < -0.4 is 5.32 Å². The smallest absolute Gasteiger partial charge is 0.264 e. The Bertz CT molecular complexity index is 1250. The van der Waals surface area contributed by atoms with Crippen LogP contribution >= 0.6 is 15.9 Å². The van der Waals surface area contributed by atoms with Crippen LogP contribution in [0.25, 0.3) is 11.0 Å². The fourth-order valence-corrected chi connectivity index (χ4v) is 3.77. The van der Waals surface area contributed by atoms with Crippen LogP contribution in [0.1, 0.15) is 28.9 Å². The first-order chi connectivity index (χ1) is 14.8. The number of aryl methyl sites for hydroxylation is 2. The molecule has 1 aromatic carbocycles. The predicted octanol–water partition coefficient (Wildman–Crippen LogP) is 4.63. The van der Waals surface area contributed by atoms with Crippen LogP contribution in [0, 0.1) is 13.8 Å². The second kappa shape index (κ2) is 8.54. The van der Waals surface area contributed by atoms with Crippen LogP contribution in [0.3, 0.4) is 0 Å². The number of hydrogen-bond acceptors (Lipinski definition) is 4. The first-order valence-electron chi connectivity index (χ1n) is 9.49. The molecule has 1 N–H and O–H groups in total. The number of pyridine rings is 1. The molecule has 0 spiro atoms. The third-order valence-electron chi connectivity index (χ3n) is 4.75. The Hall–Kier alpha value is -3.14. The van der Waals surface area contributed by atoms with E-state index >= 15 is 0 Å². The first kappa shape index (κ1) is 21.1. The van der Waals surface area contributed by atoms with Crippen molar-refractivity contribution in [3.8, 4) is 0 Å². The summed E-state index contributed by atoms with van der Waals surface area (Å²) < 4.78 is 30.9. The quantitative estimate of drug-likeness (QED) is 0.429. The molecule has 3 aromatic heterocycles. The number of aromatic nitrogens is 5. The number of nitrogens with zero attached hydrogens (tertiary/aromatic N) is 5. The van der Waals surface area contributed by atoms with E-state index in [9.17, 15) is 13.6 Å². The van der Waals surface area contributed by atoms with E-state index in [1.165, 1.54) is 10.7 Å². The molecule has 0 atom stereocenters. The van der Waals surface area contributed by atoms with Crippen LogP contribution in [0.5, 0.6) is 0 Å². The van der Waals surface area contributed by atoms with E-state index < -0.39 is 6.43 Å². The molecule has 160 valence electrons. The monoisotopic (exact) mass is 488 g/mol. The minimum atomic E-state index is -2.64. The van der Waals surface area contributed by atoms with Gasteiger partial charge in [0.2, 0.25) is 5.91 Å². The van der Waals surface area contributed by atoms with E-state index in [0.29, 0.717) is 29.0 Å². The number of carbonyl (C=O) groups excluding carboxylic acids is 1. The van der Waals surface area contributed by atoms with E-state index in [0.717, 1.165) is 10.0 Å². The molecule has 0 fully saturated rings. The number of fused-ring (bicyclic) bond motifs is 1. The lowest BCUT2D eigenvalue weighted by molar-refractivity contribution is -0.116. The van der Waals surface area contributed by atoms with Crippen molar-refractivity contribution < 1.29 is 13.6 Å². The highest BCUT2D eigenvalue weighted by Gasteiger charge is 2.20. The average molecular weight is 489 g/mol. The highest BCUT2D eigenvalue weighted by Crippen LogP contribution is 2.30. The minimum Gasteiger partial charge on any atom is -0.324 e. The summed E-state index contributed by atoms with van der Waals surface area (Å²) in [5.41, 5.74) is 2.68. The molecule has 4 aromatic rings. The lowest BCUT2D eigenvalue weighted by Crippen LogP contribution is -2.20. The number of benzene rings is 1. The predicted molar refractivity (Wildman–Crippen MR) is 116 cm³/mol. The van der Waals surface area contributed by atoms with Crippen molar-refractivity contribution in [3.63, 3.8) is 0 Å². The molecule has 0 saturated heterocycles. The maximum Gasteiger partial charge on any atom is 0.264 e. The number of hydrogen-bond donors (Lipinski definition) is 1. The highest BCUT2D eigenvalue weighted by atomic mass is 79.9. The Morgan fingerprint density at radius 3 is 2.61 bits per heavy atom. The number of anilines is 1. The zero-order valence-electron chi connectivity index (χ0n) is 16.8. The molecule has 3 heterocycles. The van der Waals surface area contributed by atoms with Gasteiger partial charge in [-0.2, -0.15) is 10.2 Å². The van der Waals surface area contributed by atoms with Crippen molar-refractivity contribution in [2.24, 2.45) is 0 Å². The summed E-state index contributed by atoms with van der Waals surface area (Å²) in [4.78, 5) is 16.9. The Labute approximate surface area is 185 Å². The van der Waals surface area contributed by atoms with Gasteiger partial charge in [0.05, 0.1) is 28.3 Å². The summed E-state index contributed by atoms with van der Waals surface area (Å²) in [6.07, 6.45) is 0.952. The standard InChI is InChI=1S/C21H19BrF2N6O/c1-12-7-17(20(23)24)19-13(2)28-30(21(19)26-12)11-18(31)27-16-5-3-14(4-6-16)9-29-10-15(22)8-25-29/h3-8,10,20H,9,11H2,1-2H3,(H,27,31). The molecule has 7 nitrogen and oxygen atoms in total. The molecule has 0 bridgehead atoms. The first-order valence-corrected chi connectivity index (χ1v) is 10.3. The van der Waals surface area contributed by atoms with Gasteiger partial charge in [0.25, 0.3) is 6.43 Å². The molecule has 31 heavy (non-hydrogen) atoms. The van der Waals surface area contributed by atoms with Gasteiger partial charge in [-0.1, -0.05) is 12.1 Å². The summed E-state index contributed by atoms with van der Waals surface area (Å²) in [6, 6.07) is 8.76. The summed E-state index contributed by atoms with van der Waals surface area (Å²) in [6.45, 7) is 3.75. The topological polar surface area (TPSA) is 77.6 Å². The molecule has 1 amide bonds. The number of halogens is 3. The highest BCUT2D eigenvalue weighted by molar-refractivity contribution is 9.10. The van der Waals surface area contributed by atoms with E-state index in [-0.39, 0.29) is 23.7 Å². The Balaban J connectivity index is 1.48. The molecular weight excluding hydrogens is 470 g/mol. The zero-order valence-corrected chi connectivity index (χ0v) is 18.4. The van der Waals surface area contributed by atoms with E-state index in [4.69, 9.17) is 0 Å². The van der Waals surface area contributed by atoms with Gasteiger partial charge in [-0.15, -0.1) is 0 Å². The van der Waals surface area contributed by atoms with Gasteiger partial charge in [0.15, 0.2) is 5.65 Å². The third kappa shape index (κ3) is 4.63. The van der Waals surface area contributed by atoms with Crippen LogP contribution in [0.15, 0.2) is 47.2 Å². The van der Waals surface area contributed by atoms with Crippen molar-refractivity contribution in [1.29, 1.82) is 0 Å². The number of alkyl halides is 2. The summed E-state index contributed by atoms with van der Waals surface area (Å²) >= 11 is 3.36. The molecule has 0 aliphatic rings. The molecule has 4 rings (SSSR count). The lowest BCUT2D eigenvalue weighted by atomic mass is 10.1. The molecule has 10 heteroatoms. The second-order valence-electron chi connectivity index (χ2n) is 7.20. The van der Waals surface area contributed by atoms with Gasteiger partial charge < -0.3 is 5.32 Å². The fraction of sp³-hybridized carbons (Fsp3) is 0.238. The average Bonchev–Trinajstić information content (AvgIpc) is 3.25. The maximum absolute atomic E-state index is 13.4. The zero-order chi connectivity index (χ0) is 22.1. The third-order valence-corrected chi connectivity index (χ3v) is 5.16. The summed E-state index contributed by atoms with van der Waals surface area (Å²) in [5, 5.41) is 11.6. The Morgan fingerprint density at radius 1 is 1.23 bits per heavy atom. The maximum atomic E-state index is 13.4. The second-order valence-corrected chi connectivity index (χ2v) is 8.11. The number of carbonyl (C=O) groups is 1. The van der Waals surface area contributed by atoms with E-state index in [1.807, 2.05) is 18.3 Å². The fourth-order valence-electron chi connectivity index (χ4n) is 3.44. The van der Waals surface area contributed by atoms with Crippen LogP contribution in [0.2, 0.25) is 0 Å². The van der Waals surface area contributed by atoms with Crippen molar-refractivity contribution in [3.05, 3.63) is 69.7 Å². The van der Waals surface area contributed by atoms with Gasteiger partial charge >= 0.3 is 0 Å². The van der Waals surface area contributed by atoms with E-state index in [2.05, 4.69) is 36.4 Å². The van der Waals surface area contributed by atoms with Crippen LogP contribution in [0.4, 0.5) is 14.5 Å². The van der Waals surface area contributed by atoms with Gasteiger partial charge in [-0.05, 0) is 53.5 Å². The molecule has 0 aliphatic heterocycles. The Kier molecular flexibility index (Phi) is 5.81. The van der Waals surface area contributed by atoms with Crippen molar-refractivity contribution >= 4 is 38.6 Å². The van der Waals surface area contributed by atoms with E-state index in [1.54, 1.807) is 36.9 Å². The molecule has 0 radical (unpaired) electrons. The number of rotatable bonds is 6. The number of amides is 1. The molecular formula is C21H19BrF2N6O.